The van der Waals surface area contributed by atoms with Gasteiger partial charge in [-0.1, -0.05) is 6.92 Å². The van der Waals surface area contributed by atoms with Gasteiger partial charge in [0, 0.05) is 26.2 Å². The van der Waals surface area contributed by atoms with Gasteiger partial charge in [-0.2, -0.15) is 4.31 Å². The molecule has 0 spiro atoms. The highest BCUT2D eigenvalue weighted by Crippen LogP contribution is 2.01. The topological polar surface area (TPSA) is 43.8 Å². The number of piperazine rings is 1. The minimum absolute atomic E-state index is 0.705. The van der Waals surface area contributed by atoms with Crippen molar-refractivity contribution in [3.05, 3.63) is 0 Å². The Bertz CT molecular complexity index is 146. The van der Waals surface area contributed by atoms with Crippen molar-refractivity contribution in [1.82, 2.24) is 9.21 Å². The first kappa shape index (κ1) is 9.12. The molecule has 0 amide bonds. The van der Waals surface area contributed by atoms with Crippen LogP contribution in [0.25, 0.3) is 0 Å². The van der Waals surface area contributed by atoms with Gasteiger partial charge in [-0.15, -0.1) is 0 Å². The SMILES string of the molecule is CCN1CCN(S(=O)O)CC1. The third-order valence-electron chi connectivity index (χ3n) is 2.00. The van der Waals surface area contributed by atoms with Gasteiger partial charge in [-0.25, -0.2) is 4.21 Å². The molecule has 1 fully saturated rings. The lowest BCUT2D eigenvalue weighted by atomic mass is 10.4. The lowest BCUT2D eigenvalue weighted by Gasteiger charge is -2.31. The Labute approximate surface area is 69.6 Å². The second-order valence-corrected chi connectivity index (χ2v) is 3.57. The molecule has 11 heavy (non-hydrogen) atoms. The van der Waals surface area contributed by atoms with Crippen LogP contribution >= 0.6 is 0 Å². The van der Waals surface area contributed by atoms with E-state index < -0.39 is 11.3 Å². The van der Waals surface area contributed by atoms with E-state index in [1.807, 2.05) is 0 Å². The van der Waals surface area contributed by atoms with Gasteiger partial charge in [0.25, 0.3) is 0 Å². The first-order chi connectivity index (χ1) is 5.24. The maximum atomic E-state index is 10.6. The number of likely N-dealkylation sites (N-methyl/N-ethyl adjacent to an activating group) is 1. The van der Waals surface area contributed by atoms with Crippen LogP contribution < -0.4 is 0 Å². The van der Waals surface area contributed by atoms with Crippen LogP contribution in [0, 0.1) is 0 Å². The molecule has 0 saturated carbocycles. The maximum Gasteiger partial charge on any atom is 0.234 e. The van der Waals surface area contributed by atoms with Crippen LogP contribution in [0.15, 0.2) is 0 Å². The summed E-state index contributed by atoms with van der Waals surface area (Å²) >= 11 is -1.76. The molecule has 0 radical (unpaired) electrons. The van der Waals surface area contributed by atoms with Crippen molar-refractivity contribution in [1.29, 1.82) is 0 Å². The fraction of sp³-hybridized carbons (Fsp3) is 1.00. The predicted molar refractivity (Wildman–Crippen MR) is 44.5 cm³/mol. The highest BCUT2D eigenvalue weighted by Gasteiger charge is 2.18. The lowest BCUT2D eigenvalue weighted by molar-refractivity contribution is 0.194. The molecule has 1 unspecified atom stereocenters. The summed E-state index contributed by atoms with van der Waals surface area (Å²) in [5.41, 5.74) is 0. The van der Waals surface area contributed by atoms with Crippen molar-refractivity contribution in [2.24, 2.45) is 0 Å². The van der Waals surface area contributed by atoms with Crippen LogP contribution in [0.3, 0.4) is 0 Å². The van der Waals surface area contributed by atoms with Gasteiger partial charge >= 0.3 is 0 Å². The van der Waals surface area contributed by atoms with Crippen LogP contribution in [0.5, 0.6) is 0 Å². The average molecular weight is 178 g/mol. The summed E-state index contributed by atoms with van der Waals surface area (Å²) in [5, 5.41) is 0. The molecule has 66 valence electrons. The zero-order chi connectivity index (χ0) is 8.27. The van der Waals surface area contributed by atoms with Gasteiger partial charge in [-0.05, 0) is 6.54 Å². The van der Waals surface area contributed by atoms with Crippen LogP contribution in [0.1, 0.15) is 6.92 Å². The molecule has 1 rings (SSSR count). The number of nitrogens with zero attached hydrogens (tertiary/aromatic N) is 2. The summed E-state index contributed by atoms with van der Waals surface area (Å²) in [4.78, 5) is 2.27. The fourth-order valence-corrected chi connectivity index (χ4v) is 1.68. The van der Waals surface area contributed by atoms with E-state index in [0.717, 1.165) is 19.6 Å². The summed E-state index contributed by atoms with van der Waals surface area (Å²) in [6.07, 6.45) is 0. The third kappa shape index (κ3) is 2.52. The molecule has 5 heteroatoms. The summed E-state index contributed by atoms with van der Waals surface area (Å²) < 4.78 is 20.9. The predicted octanol–water partition coefficient (Wildman–Crippen LogP) is -0.239. The monoisotopic (exact) mass is 178 g/mol. The zero-order valence-electron chi connectivity index (χ0n) is 6.69. The quantitative estimate of drug-likeness (QED) is 0.594. The summed E-state index contributed by atoms with van der Waals surface area (Å²) in [6.45, 7) is 6.36. The summed E-state index contributed by atoms with van der Waals surface area (Å²) in [5.74, 6) is 0. The van der Waals surface area contributed by atoms with Crippen molar-refractivity contribution in [2.75, 3.05) is 32.7 Å². The maximum absolute atomic E-state index is 10.6. The van der Waals surface area contributed by atoms with Crippen molar-refractivity contribution >= 4 is 11.3 Å². The van der Waals surface area contributed by atoms with Crippen molar-refractivity contribution in [2.45, 2.75) is 6.92 Å². The first-order valence-electron chi connectivity index (χ1n) is 3.82. The molecule has 1 aliphatic rings. The standard InChI is InChI=1S/C6H14N2O2S/c1-2-7-3-5-8(6-4-7)11(9)10/h2-6H2,1H3,(H,9,10). The summed E-state index contributed by atoms with van der Waals surface area (Å²) in [7, 11) is 0. The van der Waals surface area contributed by atoms with E-state index in [9.17, 15) is 4.21 Å². The normalized spacial score (nSPS) is 25.3. The van der Waals surface area contributed by atoms with Gasteiger partial charge in [0.15, 0.2) is 0 Å². The minimum atomic E-state index is -1.76. The Morgan fingerprint density at radius 3 is 2.27 bits per heavy atom. The smallest absolute Gasteiger partial charge is 0.234 e. The molecule has 1 aliphatic heterocycles. The first-order valence-corrected chi connectivity index (χ1v) is 4.88. The van der Waals surface area contributed by atoms with Crippen LogP contribution in [0.2, 0.25) is 0 Å². The average Bonchev–Trinajstić information content (AvgIpc) is 2.05. The molecule has 1 atom stereocenters. The molecule has 0 aromatic heterocycles. The van der Waals surface area contributed by atoms with Gasteiger partial charge < -0.3 is 4.90 Å². The number of hydrogen-bond acceptors (Lipinski definition) is 2. The third-order valence-corrected chi connectivity index (χ3v) is 2.81. The number of hydrogen-bond donors (Lipinski definition) is 1. The van der Waals surface area contributed by atoms with E-state index in [4.69, 9.17) is 4.55 Å². The Balaban J connectivity index is 2.30. The van der Waals surface area contributed by atoms with E-state index in [2.05, 4.69) is 11.8 Å². The molecule has 1 N–H and O–H groups in total. The molecule has 0 aromatic rings. The second-order valence-electron chi connectivity index (χ2n) is 2.59. The van der Waals surface area contributed by atoms with Gasteiger partial charge in [-0.3, -0.25) is 4.55 Å². The van der Waals surface area contributed by atoms with Gasteiger partial charge in [0.2, 0.25) is 11.3 Å². The highest BCUT2D eigenvalue weighted by atomic mass is 32.2. The second kappa shape index (κ2) is 4.15. The van der Waals surface area contributed by atoms with E-state index >= 15 is 0 Å². The van der Waals surface area contributed by atoms with E-state index in [1.165, 1.54) is 0 Å². The summed E-state index contributed by atoms with van der Waals surface area (Å²) in [6, 6.07) is 0. The van der Waals surface area contributed by atoms with Crippen molar-refractivity contribution in [3.8, 4) is 0 Å². The number of rotatable bonds is 2. The van der Waals surface area contributed by atoms with Gasteiger partial charge in [0.05, 0.1) is 0 Å². The Hall–Kier alpha value is 0.0300. The van der Waals surface area contributed by atoms with E-state index in [0.29, 0.717) is 13.1 Å². The molecule has 0 aliphatic carbocycles. The Morgan fingerprint density at radius 2 is 1.91 bits per heavy atom. The van der Waals surface area contributed by atoms with Crippen molar-refractivity contribution < 1.29 is 8.76 Å². The fourth-order valence-electron chi connectivity index (χ4n) is 1.20. The van der Waals surface area contributed by atoms with Crippen LogP contribution in [-0.4, -0.2) is 50.7 Å². The molecular formula is C6H14N2O2S. The van der Waals surface area contributed by atoms with E-state index in [1.54, 1.807) is 4.31 Å². The molecule has 0 bridgehead atoms. The minimum Gasteiger partial charge on any atom is -0.301 e. The highest BCUT2D eigenvalue weighted by molar-refractivity contribution is 7.76. The van der Waals surface area contributed by atoms with E-state index in [-0.39, 0.29) is 0 Å². The Kier molecular flexibility index (Phi) is 3.45. The molecule has 0 aromatic carbocycles. The lowest BCUT2D eigenvalue weighted by Crippen LogP contribution is -2.46. The zero-order valence-corrected chi connectivity index (χ0v) is 7.51. The molecule has 1 heterocycles. The van der Waals surface area contributed by atoms with Crippen LogP contribution in [-0.2, 0) is 11.3 Å². The molecule has 1 saturated heterocycles. The van der Waals surface area contributed by atoms with Gasteiger partial charge in [0.1, 0.15) is 0 Å². The van der Waals surface area contributed by atoms with Crippen LogP contribution in [0.4, 0.5) is 0 Å². The Morgan fingerprint density at radius 1 is 1.36 bits per heavy atom. The van der Waals surface area contributed by atoms with Crippen molar-refractivity contribution in [3.63, 3.8) is 0 Å². The largest absolute Gasteiger partial charge is 0.301 e. The molecular weight excluding hydrogens is 164 g/mol. The molecule has 4 nitrogen and oxygen atoms in total.